The van der Waals surface area contributed by atoms with Crippen molar-refractivity contribution in [2.75, 3.05) is 0 Å². The fourth-order valence-corrected chi connectivity index (χ4v) is 1.90. The minimum absolute atomic E-state index is 0.367. The van der Waals surface area contributed by atoms with Crippen molar-refractivity contribution in [1.82, 2.24) is 20.2 Å². The first-order valence-electron chi connectivity index (χ1n) is 5.13. The molecule has 2 aromatic heterocycles. The fraction of sp³-hybridized carbons (Fsp3) is 0.364. The first-order chi connectivity index (χ1) is 7.74. The molecule has 1 N–H and O–H groups in total. The van der Waals surface area contributed by atoms with E-state index in [1.165, 1.54) is 0 Å². The third kappa shape index (κ3) is 1.93. The Bertz CT molecular complexity index is 464. The lowest BCUT2D eigenvalue weighted by Crippen LogP contribution is -1.93. The van der Waals surface area contributed by atoms with Crippen LogP contribution < -0.4 is 0 Å². The van der Waals surface area contributed by atoms with Gasteiger partial charge in [-0.05, 0) is 5.92 Å². The van der Waals surface area contributed by atoms with Crippen molar-refractivity contribution >= 4 is 11.6 Å². The molecule has 0 aromatic carbocycles. The summed E-state index contributed by atoms with van der Waals surface area (Å²) in [5.74, 6) is 0.794. The second kappa shape index (κ2) is 4.61. The van der Waals surface area contributed by atoms with Crippen LogP contribution in [0.1, 0.15) is 31.0 Å². The number of aromatic nitrogens is 4. The van der Waals surface area contributed by atoms with Crippen molar-refractivity contribution < 1.29 is 0 Å². The molecule has 0 radical (unpaired) electrons. The maximum absolute atomic E-state index is 5.96. The summed E-state index contributed by atoms with van der Waals surface area (Å²) < 4.78 is 0. The molecule has 0 atom stereocenters. The van der Waals surface area contributed by atoms with E-state index in [2.05, 4.69) is 34.0 Å². The third-order valence-corrected chi connectivity index (χ3v) is 2.68. The van der Waals surface area contributed by atoms with E-state index in [0.717, 1.165) is 22.6 Å². The van der Waals surface area contributed by atoms with E-state index in [-0.39, 0.29) is 0 Å². The van der Waals surface area contributed by atoms with Gasteiger partial charge in [-0.15, -0.1) is 11.6 Å². The first-order valence-corrected chi connectivity index (χ1v) is 5.67. The molecule has 0 aliphatic carbocycles. The van der Waals surface area contributed by atoms with Crippen molar-refractivity contribution in [2.45, 2.75) is 25.6 Å². The number of nitrogens with one attached hydrogen (secondary N) is 1. The van der Waals surface area contributed by atoms with Crippen LogP contribution >= 0.6 is 11.6 Å². The van der Waals surface area contributed by atoms with Gasteiger partial charge in [-0.3, -0.25) is 15.1 Å². The lowest BCUT2D eigenvalue weighted by atomic mass is 10.0. The maximum atomic E-state index is 5.96. The zero-order valence-electron chi connectivity index (χ0n) is 9.24. The van der Waals surface area contributed by atoms with Gasteiger partial charge < -0.3 is 0 Å². The topological polar surface area (TPSA) is 54.5 Å². The van der Waals surface area contributed by atoms with Crippen LogP contribution in [0.3, 0.4) is 0 Å². The molecule has 5 heteroatoms. The molecule has 16 heavy (non-hydrogen) atoms. The maximum Gasteiger partial charge on any atom is 0.117 e. The molecule has 0 bridgehead atoms. The van der Waals surface area contributed by atoms with Crippen molar-refractivity contribution in [3.8, 4) is 11.4 Å². The van der Waals surface area contributed by atoms with E-state index >= 15 is 0 Å². The molecule has 2 heterocycles. The van der Waals surface area contributed by atoms with Gasteiger partial charge in [0.1, 0.15) is 11.4 Å². The van der Waals surface area contributed by atoms with Crippen LogP contribution in [0.25, 0.3) is 11.4 Å². The Labute approximate surface area is 99.1 Å². The lowest BCUT2D eigenvalue weighted by Gasteiger charge is -2.04. The highest BCUT2D eigenvalue weighted by Crippen LogP contribution is 2.27. The quantitative estimate of drug-likeness (QED) is 0.834. The van der Waals surface area contributed by atoms with Crippen LogP contribution in [0.15, 0.2) is 18.6 Å². The van der Waals surface area contributed by atoms with Crippen LogP contribution in [0, 0.1) is 0 Å². The third-order valence-electron chi connectivity index (χ3n) is 2.42. The second-order valence-corrected chi connectivity index (χ2v) is 4.11. The largest absolute Gasteiger partial charge is 0.281 e. The molecule has 2 rings (SSSR count). The predicted molar refractivity (Wildman–Crippen MR) is 63.3 cm³/mol. The highest BCUT2D eigenvalue weighted by Gasteiger charge is 2.16. The highest BCUT2D eigenvalue weighted by molar-refractivity contribution is 6.17. The summed E-state index contributed by atoms with van der Waals surface area (Å²) >= 11 is 5.96. The molecule has 0 unspecified atom stereocenters. The number of nitrogens with zero attached hydrogens (tertiary/aromatic N) is 3. The van der Waals surface area contributed by atoms with Gasteiger partial charge in [0.15, 0.2) is 0 Å². The molecule has 84 valence electrons. The fourth-order valence-electron chi connectivity index (χ4n) is 1.62. The summed E-state index contributed by atoms with van der Waals surface area (Å²) in [5, 5.41) is 7.29. The summed E-state index contributed by atoms with van der Waals surface area (Å²) in [6.07, 6.45) is 4.98. The van der Waals surface area contributed by atoms with Gasteiger partial charge in [-0.1, -0.05) is 13.8 Å². The van der Waals surface area contributed by atoms with E-state index in [4.69, 9.17) is 11.6 Å². The molecule has 0 fully saturated rings. The van der Waals surface area contributed by atoms with E-state index in [0.29, 0.717) is 11.8 Å². The van der Waals surface area contributed by atoms with E-state index in [9.17, 15) is 0 Å². The van der Waals surface area contributed by atoms with Crippen LogP contribution in [0.5, 0.6) is 0 Å². The molecular weight excluding hydrogens is 224 g/mol. The summed E-state index contributed by atoms with van der Waals surface area (Å²) in [6.45, 7) is 4.20. The molecule has 0 aliphatic rings. The number of alkyl halides is 1. The summed E-state index contributed by atoms with van der Waals surface area (Å²) in [7, 11) is 0. The molecular formula is C11H13ClN4. The highest BCUT2D eigenvalue weighted by atomic mass is 35.5. The van der Waals surface area contributed by atoms with Crippen molar-refractivity contribution in [3.05, 3.63) is 29.8 Å². The Morgan fingerprint density at radius 1 is 1.38 bits per heavy atom. The van der Waals surface area contributed by atoms with Crippen molar-refractivity contribution in [2.24, 2.45) is 0 Å². The predicted octanol–water partition coefficient (Wildman–Crippen LogP) is 2.73. The van der Waals surface area contributed by atoms with Crippen molar-refractivity contribution in [3.63, 3.8) is 0 Å². The first kappa shape index (κ1) is 11.1. The van der Waals surface area contributed by atoms with Gasteiger partial charge in [-0.25, -0.2) is 0 Å². The summed E-state index contributed by atoms with van der Waals surface area (Å²) in [4.78, 5) is 8.26. The van der Waals surface area contributed by atoms with Gasteiger partial charge in [0.25, 0.3) is 0 Å². The minimum atomic E-state index is 0.367. The molecule has 2 aromatic rings. The monoisotopic (exact) mass is 236 g/mol. The summed E-state index contributed by atoms with van der Waals surface area (Å²) in [5.41, 5.74) is 3.63. The van der Waals surface area contributed by atoms with Crippen LogP contribution in [0.4, 0.5) is 0 Å². The SMILES string of the molecule is CC(C)c1[nH]nc(-c2cnccn2)c1CCl. The Kier molecular flexibility index (Phi) is 3.19. The van der Waals surface area contributed by atoms with Gasteiger partial charge in [-0.2, -0.15) is 5.10 Å². The minimum Gasteiger partial charge on any atom is -0.281 e. The molecule has 0 aliphatic heterocycles. The molecule has 4 nitrogen and oxygen atoms in total. The Morgan fingerprint density at radius 2 is 2.19 bits per heavy atom. The van der Waals surface area contributed by atoms with Gasteiger partial charge >= 0.3 is 0 Å². The van der Waals surface area contributed by atoms with E-state index < -0.39 is 0 Å². The number of H-pyrrole nitrogens is 1. The molecule has 0 saturated heterocycles. The Hall–Kier alpha value is -1.42. The van der Waals surface area contributed by atoms with Crippen LogP contribution in [0.2, 0.25) is 0 Å². The number of hydrogen-bond acceptors (Lipinski definition) is 3. The molecule has 0 amide bonds. The lowest BCUT2D eigenvalue weighted by molar-refractivity contribution is 0.803. The Morgan fingerprint density at radius 3 is 2.75 bits per heavy atom. The van der Waals surface area contributed by atoms with Gasteiger partial charge in [0.05, 0.1) is 12.1 Å². The van der Waals surface area contributed by atoms with Crippen LogP contribution in [-0.4, -0.2) is 20.2 Å². The van der Waals surface area contributed by atoms with E-state index in [1.807, 2.05) is 0 Å². The van der Waals surface area contributed by atoms with E-state index in [1.54, 1.807) is 18.6 Å². The average molecular weight is 237 g/mol. The Balaban J connectivity index is 2.50. The average Bonchev–Trinajstić information content (AvgIpc) is 2.73. The normalized spacial score (nSPS) is 11.0. The number of halogens is 1. The number of aromatic amines is 1. The van der Waals surface area contributed by atoms with Crippen molar-refractivity contribution in [1.29, 1.82) is 0 Å². The zero-order chi connectivity index (χ0) is 11.5. The van der Waals surface area contributed by atoms with Gasteiger partial charge in [0.2, 0.25) is 0 Å². The molecule has 0 saturated carbocycles. The smallest absolute Gasteiger partial charge is 0.117 e. The number of rotatable bonds is 3. The molecule has 0 spiro atoms. The summed E-state index contributed by atoms with van der Waals surface area (Å²) in [6, 6.07) is 0. The number of hydrogen-bond donors (Lipinski definition) is 1. The standard InChI is InChI=1S/C11H13ClN4/c1-7(2)10-8(5-12)11(16-15-10)9-6-13-3-4-14-9/h3-4,6-7H,5H2,1-2H3,(H,15,16). The van der Waals surface area contributed by atoms with Gasteiger partial charge in [0, 0.05) is 23.7 Å². The zero-order valence-corrected chi connectivity index (χ0v) is 9.99. The second-order valence-electron chi connectivity index (χ2n) is 3.84. The van der Waals surface area contributed by atoms with Crippen LogP contribution in [-0.2, 0) is 5.88 Å².